The number of nitrogens with one attached hydrogen (secondary N) is 2. The second-order valence-corrected chi connectivity index (χ2v) is 9.00. The molecule has 2 atom stereocenters. The van der Waals surface area contributed by atoms with E-state index in [4.69, 9.17) is 0 Å². The van der Waals surface area contributed by atoms with Crippen LogP contribution in [-0.2, 0) is 6.18 Å². The molecule has 2 unspecified atom stereocenters. The minimum absolute atomic E-state index is 0.0782. The molecule has 0 spiro atoms. The van der Waals surface area contributed by atoms with Gasteiger partial charge >= 0.3 is 6.18 Å². The summed E-state index contributed by atoms with van der Waals surface area (Å²) in [7, 11) is 0. The number of benzene rings is 2. The Morgan fingerprint density at radius 3 is 2.66 bits per heavy atom. The molecule has 0 saturated heterocycles. The number of aliphatic imine (C=N–C) groups is 1. The molecule has 35 heavy (non-hydrogen) atoms. The topological polar surface area (TPSA) is 62.2 Å². The summed E-state index contributed by atoms with van der Waals surface area (Å²) in [5.41, 5.74) is 0.199. The van der Waals surface area contributed by atoms with Gasteiger partial charge in [0.25, 0.3) is 0 Å². The van der Waals surface area contributed by atoms with Gasteiger partial charge in [0.1, 0.15) is 17.5 Å². The van der Waals surface area contributed by atoms with Crippen LogP contribution in [0.5, 0.6) is 0 Å². The first-order valence-corrected chi connectivity index (χ1v) is 11.6. The van der Waals surface area contributed by atoms with Crippen molar-refractivity contribution in [3.8, 4) is 0 Å². The van der Waals surface area contributed by atoms with Crippen molar-refractivity contribution in [1.29, 1.82) is 0 Å². The van der Waals surface area contributed by atoms with E-state index in [0.717, 1.165) is 37.0 Å². The molecule has 0 radical (unpaired) electrons. The highest BCUT2D eigenvalue weighted by Gasteiger charge is 2.34. The van der Waals surface area contributed by atoms with Gasteiger partial charge in [0.2, 0.25) is 5.95 Å². The molecule has 0 amide bonds. The number of amidine groups is 1. The second-order valence-electron chi connectivity index (χ2n) is 9.00. The zero-order valence-electron chi connectivity index (χ0n) is 19.5. The maximum absolute atomic E-state index is 13.9. The van der Waals surface area contributed by atoms with E-state index in [0.29, 0.717) is 23.4 Å². The number of alkyl halides is 3. The number of aryl methyl sites for hydroxylation is 1. The highest BCUT2D eigenvalue weighted by atomic mass is 19.4. The third kappa shape index (κ3) is 6.55. The number of hydrogen-bond donors (Lipinski definition) is 2. The summed E-state index contributed by atoms with van der Waals surface area (Å²) in [6.45, 7) is 4.11. The Hall–Kier alpha value is -3.49. The van der Waals surface area contributed by atoms with E-state index in [1.54, 1.807) is 30.5 Å². The van der Waals surface area contributed by atoms with Crippen LogP contribution in [0.3, 0.4) is 0 Å². The van der Waals surface area contributed by atoms with Crippen LogP contribution in [0.15, 0.2) is 59.7 Å². The average Bonchev–Trinajstić information content (AvgIpc) is 2.79. The summed E-state index contributed by atoms with van der Waals surface area (Å²) in [5, 5.41) is 6.37. The molecule has 1 aliphatic rings. The predicted molar refractivity (Wildman–Crippen MR) is 129 cm³/mol. The van der Waals surface area contributed by atoms with Gasteiger partial charge in [-0.15, -0.1) is 0 Å². The molecule has 1 aliphatic carbocycles. The number of halogens is 4. The van der Waals surface area contributed by atoms with Crippen molar-refractivity contribution >= 4 is 23.3 Å². The lowest BCUT2D eigenvalue weighted by molar-refractivity contribution is -0.140. The first-order valence-electron chi connectivity index (χ1n) is 11.6. The van der Waals surface area contributed by atoms with Gasteiger partial charge in [0, 0.05) is 17.8 Å². The highest BCUT2D eigenvalue weighted by Crippen LogP contribution is 2.32. The number of rotatable bonds is 5. The quantitative estimate of drug-likeness (QED) is 0.229. The number of nitrogens with zero attached hydrogens (tertiary/aromatic N) is 3. The predicted octanol–water partition coefficient (Wildman–Crippen LogP) is 7.12. The lowest BCUT2D eigenvalue weighted by atomic mass is 9.87. The van der Waals surface area contributed by atoms with E-state index in [2.05, 4.69) is 32.5 Å². The summed E-state index contributed by atoms with van der Waals surface area (Å²) < 4.78 is 54.0. The molecule has 1 aromatic heterocycles. The number of anilines is 2. The molecular weight excluding hydrogens is 458 g/mol. The Kier molecular flexibility index (Phi) is 7.33. The van der Waals surface area contributed by atoms with E-state index in [1.807, 2.05) is 13.0 Å². The van der Waals surface area contributed by atoms with E-state index in [-0.39, 0.29) is 17.4 Å². The standard InChI is InChI=1S/C26H27F4N5/c1-16-5-3-7-19(13-16)32-24(18-9-10-22(27)21(15-18)26(28,29)30)34-23-11-12-31-25(35-23)33-20-8-4-6-17(2)14-20/h3,5,7,9-13,15,17,20H,4,6,8,14H2,1-2H3,(H2,31,32,33,34,35). The molecule has 2 N–H and O–H groups in total. The van der Waals surface area contributed by atoms with Gasteiger partial charge in [-0.1, -0.05) is 31.9 Å². The first-order chi connectivity index (χ1) is 16.7. The Labute approximate surface area is 201 Å². The number of aromatic nitrogens is 2. The third-order valence-corrected chi connectivity index (χ3v) is 5.96. The second kappa shape index (κ2) is 10.4. The highest BCUT2D eigenvalue weighted by molar-refractivity contribution is 6.09. The van der Waals surface area contributed by atoms with Crippen molar-refractivity contribution in [2.45, 2.75) is 51.7 Å². The summed E-state index contributed by atoms with van der Waals surface area (Å²) in [6, 6.07) is 11.9. The van der Waals surface area contributed by atoms with E-state index >= 15 is 0 Å². The minimum Gasteiger partial charge on any atom is -0.351 e. The van der Waals surface area contributed by atoms with Crippen LogP contribution in [0.4, 0.5) is 35.0 Å². The normalized spacial score (nSPS) is 18.9. The van der Waals surface area contributed by atoms with Crippen LogP contribution in [0, 0.1) is 18.7 Å². The van der Waals surface area contributed by atoms with Crippen molar-refractivity contribution < 1.29 is 17.6 Å². The van der Waals surface area contributed by atoms with Crippen LogP contribution in [0.1, 0.15) is 49.3 Å². The summed E-state index contributed by atoms with van der Waals surface area (Å²) in [4.78, 5) is 13.3. The van der Waals surface area contributed by atoms with Gasteiger partial charge in [-0.25, -0.2) is 14.4 Å². The van der Waals surface area contributed by atoms with Crippen LogP contribution in [0.2, 0.25) is 0 Å². The fourth-order valence-electron chi connectivity index (χ4n) is 4.25. The lowest BCUT2D eigenvalue weighted by Crippen LogP contribution is -2.27. The van der Waals surface area contributed by atoms with Crippen LogP contribution >= 0.6 is 0 Å². The molecule has 5 nitrogen and oxygen atoms in total. The van der Waals surface area contributed by atoms with Gasteiger partial charge in [-0.3, -0.25) is 0 Å². The third-order valence-electron chi connectivity index (χ3n) is 5.96. The maximum Gasteiger partial charge on any atom is 0.419 e. The van der Waals surface area contributed by atoms with Gasteiger partial charge in [-0.05, 0) is 67.6 Å². The summed E-state index contributed by atoms with van der Waals surface area (Å²) >= 11 is 0. The fraction of sp³-hybridized carbons (Fsp3) is 0.346. The smallest absolute Gasteiger partial charge is 0.351 e. The molecular formula is C26H27F4N5. The van der Waals surface area contributed by atoms with Gasteiger partial charge in [0.15, 0.2) is 0 Å². The maximum atomic E-state index is 13.9. The molecule has 0 aliphatic heterocycles. The van der Waals surface area contributed by atoms with Gasteiger partial charge < -0.3 is 10.6 Å². The van der Waals surface area contributed by atoms with Crippen molar-refractivity contribution in [3.63, 3.8) is 0 Å². The molecule has 0 bridgehead atoms. The molecule has 1 heterocycles. The minimum atomic E-state index is -4.84. The molecule has 4 rings (SSSR count). The summed E-state index contributed by atoms with van der Waals surface area (Å²) in [6.07, 6.45) is 1.13. The van der Waals surface area contributed by atoms with E-state index in [1.165, 1.54) is 12.5 Å². The Morgan fingerprint density at radius 2 is 1.91 bits per heavy atom. The van der Waals surface area contributed by atoms with Crippen molar-refractivity contribution in [3.05, 3.63) is 77.2 Å². The largest absolute Gasteiger partial charge is 0.419 e. The van der Waals surface area contributed by atoms with Crippen LogP contribution in [0.25, 0.3) is 0 Å². The zero-order valence-corrected chi connectivity index (χ0v) is 19.5. The molecule has 3 aromatic rings. The van der Waals surface area contributed by atoms with Crippen molar-refractivity contribution in [1.82, 2.24) is 9.97 Å². The van der Waals surface area contributed by atoms with Crippen LogP contribution in [-0.4, -0.2) is 21.8 Å². The summed E-state index contributed by atoms with van der Waals surface area (Å²) in [5.74, 6) is 0.176. The monoisotopic (exact) mass is 485 g/mol. The van der Waals surface area contributed by atoms with E-state index in [9.17, 15) is 17.6 Å². The molecule has 2 aromatic carbocycles. The lowest BCUT2D eigenvalue weighted by Gasteiger charge is -2.27. The van der Waals surface area contributed by atoms with Gasteiger partial charge in [0.05, 0.1) is 11.3 Å². The first kappa shape index (κ1) is 24.6. The van der Waals surface area contributed by atoms with Gasteiger partial charge in [-0.2, -0.15) is 18.2 Å². The fourth-order valence-corrected chi connectivity index (χ4v) is 4.25. The molecule has 9 heteroatoms. The molecule has 1 fully saturated rings. The Morgan fingerprint density at radius 1 is 1.09 bits per heavy atom. The molecule has 184 valence electrons. The Bertz CT molecular complexity index is 1210. The zero-order chi connectivity index (χ0) is 25.0. The number of hydrogen-bond acceptors (Lipinski definition) is 4. The van der Waals surface area contributed by atoms with E-state index < -0.39 is 17.6 Å². The van der Waals surface area contributed by atoms with Crippen molar-refractivity contribution in [2.24, 2.45) is 10.9 Å². The van der Waals surface area contributed by atoms with Crippen molar-refractivity contribution in [2.75, 3.05) is 10.6 Å². The molecule has 1 saturated carbocycles. The average molecular weight is 486 g/mol. The van der Waals surface area contributed by atoms with Crippen LogP contribution < -0.4 is 10.6 Å². The SMILES string of the molecule is Cc1cccc(/N=C(\Nc2ccnc(NC3CCCC(C)C3)n2)c2ccc(F)c(C(F)(F)F)c2)c1. The Balaban J connectivity index is 1.67.